The van der Waals surface area contributed by atoms with Crippen molar-refractivity contribution in [3.63, 3.8) is 0 Å². The molecule has 152 valence electrons. The zero-order chi connectivity index (χ0) is 19.8. The van der Waals surface area contributed by atoms with Crippen LogP contribution >= 0.6 is 12.4 Å². The second-order valence-electron chi connectivity index (χ2n) is 7.06. The van der Waals surface area contributed by atoms with E-state index in [-0.39, 0.29) is 18.2 Å². The Bertz CT molecular complexity index is 1070. The molecule has 8 nitrogen and oxygen atoms in total. The van der Waals surface area contributed by atoms with Crippen molar-refractivity contribution in [1.29, 1.82) is 5.26 Å². The van der Waals surface area contributed by atoms with E-state index in [9.17, 15) is 5.26 Å². The first-order valence-electron chi connectivity index (χ1n) is 9.56. The third-order valence-electron chi connectivity index (χ3n) is 5.27. The normalized spacial score (nSPS) is 13.3. The maximum absolute atomic E-state index is 9.69. The molecule has 0 spiro atoms. The number of anilines is 1. The van der Waals surface area contributed by atoms with Crippen LogP contribution in [0.4, 0.5) is 5.82 Å². The number of nitrogens with zero attached hydrogens (tertiary/aromatic N) is 6. The highest BCUT2D eigenvalue weighted by Crippen LogP contribution is 2.33. The molecule has 1 aliphatic heterocycles. The molecule has 4 rings (SSSR count). The van der Waals surface area contributed by atoms with Crippen molar-refractivity contribution in [2.45, 2.75) is 46.8 Å². The number of aromatic nitrogens is 5. The molecule has 3 N–H and O–H groups in total. The van der Waals surface area contributed by atoms with Gasteiger partial charge in [0.25, 0.3) is 0 Å². The second-order valence-corrected chi connectivity index (χ2v) is 7.06. The Morgan fingerprint density at radius 2 is 2.03 bits per heavy atom. The van der Waals surface area contributed by atoms with Crippen LogP contribution in [0.2, 0.25) is 0 Å². The summed E-state index contributed by atoms with van der Waals surface area (Å²) < 4.78 is 3.96. The summed E-state index contributed by atoms with van der Waals surface area (Å²) in [5.41, 5.74) is 12.7. The van der Waals surface area contributed by atoms with Gasteiger partial charge in [-0.2, -0.15) is 15.5 Å². The molecule has 9 heteroatoms. The molecule has 0 fully saturated rings. The Hall–Kier alpha value is -2.89. The smallest absolute Gasteiger partial charge is 0.142 e. The molecule has 0 atom stereocenters. The van der Waals surface area contributed by atoms with Gasteiger partial charge in [-0.1, -0.05) is 0 Å². The summed E-state index contributed by atoms with van der Waals surface area (Å²) in [5.74, 6) is 0.222. The average molecular weight is 413 g/mol. The van der Waals surface area contributed by atoms with Gasteiger partial charge < -0.3 is 11.1 Å². The van der Waals surface area contributed by atoms with Gasteiger partial charge in [0.1, 0.15) is 17.5 Å². The summed E-state index contributed by atoms with van der Waals surface area (Å²) in [4.78, 5) is 4.52. The van der Waals surface area contributed by atoms with Gasteiger partial charge in [-0.25, -0.2) is 4.98 Å². The zero-order valence-electron chi connectivity index (χ0n) is 16.9. The number of nitrogens with one attached hydrogen (secondary N) is 1. The summed E-state index contributed by atoms with van der Waals surface area (Å²) in [7, 11) is 0. The fraction of sp³-hybridized carbons (Fsp3) is 0.400. The summed E-state index contributed by atoms with van der Waals surface area (Å²) in [6.45, 7) is 9.44. The minimum atomic E-state index is 0. The van der Waals surface area contributed by atoms with Crippen LogP contribution in [0.25, 0.3) is 22.5 Å². The Balaban J connectivity index is 0.00000240. The molecule has 0 saturated carbocycles. The minimum Gasteiger partial charge on any atom is -0.383 e. The van der Waals surface area contributed by atoms with Crippen molar-refractivity contribution in [3.8, 4) is 28.6 Å². The molecule has 3 aromatic rings. The van der Waals surface area contributed by atoms with E-state index in [4.69, 9.17) is 10.8 Å². The van der Waals surface area contributed by atoms with E-state index in [0.29, 0.717) is 11.1 Å². The fourth-order valence-electron chi connectivity index (χ4n) is 3.88. The van der Waals surface area contributed by atoms with E-state index in [0.717, 1.165) is 66.6 Å². The number of fused-ring (bicyclic) bond motifs is 1. The SMILES string of the molecule is CCn1nc(C)c(-c2cc(-c3cc4n(n3)CCCNC4)c(C#N)c(N)n2)c1C.Cl. The molecule has 0 bridgehead atoms. The minimum absolute atomic E-state index is 0. The summed E-state index contributed by atoms with van der Waals surface area (Å²) in [6, 6.07) is 6.16. The topological polar surface area (TPSA) is 110 Å². The van der Waals surface area contributed by atoms with Crippen LogP contribution in [0.1, 0.15) is 36.0 Å². The van der Waals surface area contributed by atoms with Crippen molar-refractivity contribution in [1.82, 2.24) is 29.9 Å². The lowest BCUT2D eigenvalue weighted by molar-refractivity contribution is 0.589. The number of hydrogen-bond donors (Lipinski definition) is 2. The quantitative estimate of drug-likeness (QED) is 0.684. The van der Waals surface area contributed by atoms with Crippen LogP contribution in [0.15, 0.2) is 12.1 Å². The third-order valence-corrected chi connectivity index (χ3v) is 5.27. The molecule has 0 saturated heterocycles. The number of nitrogens with two attached hydrogens (primary N) is 1. The summed E-state index contributed by atoms with van der Waals surface area (Å²) >= 11 is 0. The number of rotatable bonds is 3. The predicted octanol–water partition coefficient (Wildman–Crippen LogP) is 2.81. The average Bonchev–Trinajstić information content (AvgIpc) is 3.12. The monoisotopic (exact) mass is 412 g/mol. The molecule has 0 aliphatic carbocycles. The summed E-state index contributed by atoms with van der Waals surface area (Å²) in [5, 5.41) is 22.4. The first-order valence-corrected chi connectivity index (χ1v) is 9.56. The van der Waals surface area contributed by atoms with Crippen LogP contribution in [0.3, 0.4) is 0 Å². The van der Waals surface area contributed by atoms with Crippen LogP contribution in [0.5, 0.6) is 0 Å². The van der Waals surface area contributed by atoms with Gasteiger partial charge in [-0.15, -0.1) is 12.4 Å². The molecular formula is C20H25ClN8. The van der Waals surface area contributed by atoms with Crippen molar-refractivity contribution in [2.75, 3.05) is 12.3 Å². The maximum atomic E-state index is 9.69. The first kappa shape index (κ1) is 20.8. The van der Waals surface area contributed by atoms with Gasteiger partial charge in [-0.05, 0) is 45.9 Å². The maximum Gasteiger partial charge on any atom is 0.142 e. The standard InChI is InChI=1S/C20H24N8.ClH/c1-4-27-13(3)19(12(2)25-27)18-9-15(16(10-21)20(22)24-18)17-8-14-11-23-6-5-7-28(14)26-17;/h8-9,23H,4-7,11H2,1-3H3,(H2,22,24);1H. The number of nitrogen functional groups attached to an aromatic ring is 1. The largest absolute Gasteiger partial charge is 0.383 e. The molecular weight excluding hydrogens is 388 g/mol. The van der Waals surface area contributed by atoms with E-state index >= 15 is 0 Å². The van der Waals surface area contributed by atoms with Gasteiger partial charge in [0.05, 0.1) is 22.8 Å². The Kier molecular flexibility index (Phi) is 5.91. The fourth-order valence-corrected chi connectivity index (χ4v) is 3.88. The predicted molar refractivity (Wildman–Crippen MR) is 115 cm³/mol. The first-order chi connectivity index (χ1) is 13.5. The molecule has 0 radical (unpaired) electrons. The van der Waals surface area contributed by atoms with Crippen LogP contribution in [0, 0.1) is 25.2 Å². The van der Waals surface area contributed by atoms with Crippen LogP contribution in [-0.4, -0.2) is 31.1 Å². The second kappa shape index (κ2) is 8.23. The van der Waals surface area contributed by atoms with E-state index in [2.05, 4.69) is 28.4 Å². The van der Waals surface area contributed by atoms with E-state index in [1.807, 2.05) is 35.3 Å². The molecule has 0 amide bonds. The van der Waals surface area contributed by atoms with E-state index < -0.39 is 0 Å². The highest BCUT2D eigenvalue weighted by molar-refractivity contribution is 5.85. The lowest BCUT2D eigenvalue weighted by atomic mass is 10.0. The lowest BCUT2D eigenvalue weighted by Crippen LogP contribution is -2.11. The molecule has 0 aromatic carbocycles. The van der Waals surface area contributed by atoms with Crippen molar-refractivity contribution in [3.05, 3.63) is 34.8 Å². The number of aryl methyl sites for hydroxylation is 3. The van der Waals surface area contributed by atoms with Gasteiger partial charge >= 0.3 is 0 Å². The molecule has 1 aliphatic rings. The number of halogens is 1. The number of hydrogen-bond acceptors (Lipinski definition) is 6. The van der Waals surface area contributed by atoms with Crippen molar-refractivity contribution in [2.24, 2.45) is 0 Å². The van der Waals surface area contributed by atoms with Crippen LogP contribution in [-0.2, 0) is 19.6 Å². The molecule has 4 heterocycles. The van der Waals surface area contributed by atoms with Gasteiger partial charge in [-0.3, -0.25) is 9.36 Å². The van der Waals surface area contributed by atoms with Crippen molar-refractivity contribution >= 4 is 18.2 Å². The molecule has 0 unspecified atom stereocenters. The molecule has 29 heavy (non-hydrogen) atoms. The zero-order valence-corrected chi connectivity index (χ0v) is 17.7. The van der Waals surface area contributed by atoms with Gasteiger partial charge in [0.2, 0.25) is 0 Å². The Labute approximate surface area is 176 Å². The number of nitriles is 1. The highest BCUT2D eigenvalue weighted by atomic mass is 35.5. The van der Waals surface area contributed by atoms with Gasteiger partial charge in [0, 0.05) is 36.5 Å². The highest BCUT2D eigenvalue weighted by Gasteiger charge is 2.21. The van der Waals surface area contributed by atoms with E-state index in [1.165, 1.54) is 0 Å². The number of pyridine rings is 1. The lowest BCUT2D eigenvalue weighted by Gasteiger charge is -2.09. The van der Waals surface area contributed by atoms with E-state index in [1.54, 1.807) is 0 Å². The summed E-state index contributed by atoms with van der Waals surface area (Å²) in [6.07, 6.45) is 1.03. The third kappa shape index (κ3) is 3.59. The van der Waals surface area contributed by atoms with Crippen molar-refractivity contribution < 1.29 is 0 Å². The Morgan fingerprint density at radius 3 is 2.72 bits per heavy atom. The van der Waals surface area contributed by atoms with Gasteiger partial charge in [0.15, 0.2) is 0 Å². The van der Waals surface area contributed by atoms with Crippen LogP contribution < -0.4 is 11.1 Å². The molecule has 3 aromatic heterocycles. The Morgan fingerprint density at radius 1 is 1.24 bits per heavy atom.